The van der Waals surface area contributed by atoms with Gasteiger partial charge < -0.3 is 5.73 Å². The van der Waals surface area contributed by atoms with E-state index in [1.54, 1.807) is 18.3 Å². The Hall–Kier alpha value is -2.95. The highest BCUT2D eigenvalue weighted by molar-refractivity contribution is 5.99. The van der Waals surface area contributed by atoms with E-state index in [-0.39, 0.29) is 11.7 Å². The summed E-state index contributed by atoms with van der Waals surface area (Å²) >= 11 is 0. The van der Waals surface area contributed by atoms with E-state index in [9.17, 15) is 9.18 Å². The molecular formula is C19H16FN3O. The molecule has 0 fully saturated rings. The third-order valence-corrected chi connectivity index (χ3v) is 4.66. The average Bonchev–Trinajstić information content (AvgIpc) is 3.19. The molecular weight excluding hydrogens is 305 g/mol. The van der Waals surface area contributed by atoms with Crippen molar-refractivity contribution >= 4 is 22.9 Å². The van der Waals surface area contributed by atoms with Crippen LogP contribution in [0.1, 0.15) is 29.0 Å². The zero-order valence-corrected chi connectivity index (χ0v) is 12.9. The normalized spacial score (nSPS) is 17.2. The first-order chi connectivity index (χ1) is 11.6. The number of aromatic amines is 1. The van der Waals surface area contributed by atoms with Crippen LogP contribution in [0.5, 0.6) is 0 Å². The summed E-state index contributed by atoms with van der Waals surface area (Å²) in [7, 11) is 0. The first-order valence-corrected chi connectivity index (χ1v) is 7.85. The fourth-order valence-electron chi connectivity index (χ4n) is 3.50. The number of rotatable bonds is 3. The maximum atomic E-state index is 13.9. The Morgan fingerprint density at radius 3 is 3.04 bits per heavy atom. The molecule has 0 bridgehead atoms. The highest BCUT2D eigenvalue weighted by Gasteiger charge is 2.29. The van der Waals surface area contributed by atoms with Crippen LogP contribution in [0.4, 0.5) is 4.39 Å². The van der Waals surface area contributed by atoms with Gasteiger partial charge in [-0.3, -0.25) is 9.89 Å². The molecule has 0 saturated heterocycles. The number of carbonyl (C=O) groups excluding carboxylic acids is 1. The Morgan fingerprint density at radius 1 is 1.33 bits per heavy atom. The molecule has 3 aromatic rings. The lowest BCUT2D eigenvalue weighted by molar-refractivity contribution is -0.114. The van der Waals surface area contributed by atoms with Crippen molar-refractivity contribution in [1.82, 2.24) is 10.2 Å². The molecule has 1 amide bonds. The summed E-state index contributed by atoms with van der Waals surface area (Å²) in [5, 5.41) is 7.91. The molecule has 1 aromatic heterocycles. The van der Waals surface area contributed by atoms with E-state index in [0.29, 0.717) is 24.0 Å². The molecule has 0 spiro atoms. The Morgan fingerprint density at radius 2 is 2.21 bits per heavy atom. The van der Waals surface area contributed by atoms with Crippen molar-refractivity contribution < 1.29 is 9.18 Å². The molecule has 0 radical (unpaired) electrons. The van der Waals surface area contributed by atoms with Crippen LogP contribution < -0.4 is 5.73 Å². The summed E-state index contributed by atoms with van der Waals surface area (Å²) in [5.74, 6) is -0.842. The first-order valence-electron chi connectivity index (χ1n) is 7.85. The van der Waals surface area contributed by atoms with Gasteiger partial charge in [0, 0.05) is 16.9 Å². The first kappa shape index (κ1) is 14.6. The van der Waals surface area contributed by atoms with Gasteiger partial charge in [0.25, 0.3) is 0 Å². The van der Waals surface area contributed by atoms with Crippen molar-refractivity contribution in [3.05, 3.63) is 70.7 Å². The number of amides is 1. The summed E-state index contributed by atoms with van der Waals surface area (Å²) in [6.07, 6.45) is 4.86. The Bertz CT molecular complexity index is 974. The van der Waals surface area contributed by atoms with Crippen LogP contribution in [-0.4, -0.2) is 16.1 Å². The van der Waals surface area contributed by atoms with Crippen LogP contribution in [0.15, 0.2) is 48.2 Å². The molecule has 0 aliphatic heterocycles. The molecule has 120 valence electrons. The van der Waals surface area contributed by atoms with Gasteiger partial charge in [0.1, 0.15) is 5.82 Å². The van der Waals surface area contributed by atoms with Crippen LogP contribution in [0, 0.1) is 5.82 Å². The quantitative estimate of drug-likeness (QED) is 0.727. The Balaban J connectivity index is 1.78. The van der Waals surface area contributed by atoms with Crippen molar-refractivity contribution in [3.8, 4) is 0 Å². The van der Waals surface area contributed by atoms with Gasteiger partial charge in [0.15, 0.2) is 0 Å². The minimum absolute atomic E-state index is 0.161. The summed E-state index contributed by atoms with van der Waals surface area (Å²) in [6, 6.07) is 10.8. The molecule has 5 heteroatoms. The van der Waals surface area contributed by atoms with Gasteiger partial charge in [-0.15, -0.1) is 0 Å². The topological polar surface area (TPSA) is 71.8 Å². The van der Waals surface area contributed by atoms with E-state index in [1.165, 1.54) is 6.07 Å². The van der Waals surface area contributed by atoms with Crippen LogP contribution in [0.25, 0.3) is 17.0 Å². The smallest absolute Gasteiger partial charge is 0.245 e. The van der Waals surface area contributed by atoms with Crippen molar-refractivity contribution in [3.63, 3.8) is 0 Å². The largest absolute Gasteiger partial charge is 0.366 e. The number of nitrogens with two attached hydrogens (primary N) is 1. The van der Waals surface area contributed by atoms with Gasteiger partial charge in [-0.1, -0.05) is 24.3 Å². The molecule has 24 heavy (non-hydrogen) atoms. The van der Waals surface area contributed by atoms with E-state index in [0.717, 1.165) is 22.0 Å². The van der Waals surface area contributed by atoms with Crippen LogP contribution in [0.2, 0.25) is 0 Å². The van der Waals surface area contributed by atoms with Crippen LogP contribution in [-0.2, 0) is 11.2 Å². The van der Waals surface area contributed by atoms with Gasteiger partial charge >= 0.3 is 0 Å². The average molecular weight is 321 g/mol. The van der Waals surface area contributed by atoms with Gasteiger partial charge in [-0.05, 0) is 47.7 Å². The molecule has 1 atom stereocenters. The number of carbonyl (C=O) groups is 1. The Kier molecular flexibility index (Phi) is 3.41. The maximum absolute atomic E-state index is 13.9. The minimum Gasteiger partial charge on any atom is -0.366 e. The molecule has 1 heterocycles. The minimum atomic E-state index is -0.471. The number of aromatic nitrogens is 2. The molecule has 1 aliphatic rings. The third-order valence-electron chi connectivity index (χ3n) is 4.66. The number of nitrogens with zero attached hydrogens (tertiary/aromatic N) is 1. The lowest BCUT2D eigenvalue weighted by Crippen LogP contribution is -2.18. The van der Waals surface area contributed by atoms with Crippen molar-refractivity contribution in [2.24, 2.45) is 5.73 Å². The molecule has 4 nitrogen and oxygen atoms in total. The molecule has 1 unspecified atom stereocenters. The van der Waals surface area contributed by atoms with Gasteiger partial charge in [0.05, 0.1) is 11.7 Å². The number of primary amides is 1. The predicted molar refractivity (Wildman–Crippen MR) is 90.7 cm³/mol. The summed E-state index contributed by atoms with van der Waals surface area (Å²) in [6.45, 7) is 0. The lowest BCUT2D eigenvalue weighted by atomic mass is 9.90. The highest BCUT2D eigenvalue weighted by atomic mass is 19.1. The van der Waals surface area contributed by atoms with Gasteiger partial charge in [0.2, 0.25) is 5.91 Å². The fraction of sp³-hybridized carbons (Fsp3) is 0.158. The number of hydrogen-bond acceptors (Lipinski definition) is 2. The zero-order chi connectivity index (χ0) is 16.7. The van der Waals surface area contributed by atoms with Gasteiger partial charge in [-0.2, -0.15) is 5.10 Å². The van der Waals surface area contributed by atoms with Crippen molar-refractivity contribution in [2.75, 3.05) is 0 Å². The predicted octanol–water partition coefficient (Wildman–Crippen LogP) is 3.30. The second-order valence-corrected chi connectivity index (χ2v) is 6.08. The molecule has 4 rings (SSSR count). The zero-order valence-electron chi connectivity index (χ0n) is 12.9. The number of halogens is 1. The van der Waals surface area contributed by atoms with E-state index in [4.69, 9.17) is 5.73 Å². The van der Waals surface area contributed by atoms with Crippen LogP contribution >= 0.6 is 0 Å². The molecule has 1 aliphatic carbocycles. The summed E-state index contributed by atoms with van der Waals surface area (Å²) < 4.78 is 13.9. The SMILES string of the molecule is NC(=O)C(=Cc1ccc2cn[nH]c2c1)C1CCc2c(F)cccc21. The number of fused-ring (bicyclic) bond motifs is 2. The third kappa shape index (κ3) is 2.38. The second kappa shape index (κ2) is 5.60. The highest BCUT2D eigenvalue weighted by Crippen LogP contribution is 2.39. The summed E-state index contributed by atoms with van der Waals surface area (Å²) in [5.41, 5.74) is 9.46. The molecule has 2 aromatic carbocycles. The molecule has 3 N–H and O–H groups in total. The van der Waals surface area contributed by atoms with E-state index in [2.05, 4.69) is 10.2 Å². The van der Waals surface area contributed by atoms with Crippen molar-refractivity contribution in [2.45, 2.75) is 18.8 Å². The van der Waals surface area contributed by atoms with E-state index in [1.807, 2.05) is 24.3 Å². The van der Waals surface area contributed by atoms with Gasteiger partial charge in [-0.25, -0.2) is 4.39 Å². The van der Waals surface area contributed by atoms with Crippen molar-refractivity contribution in [1.29, 1.82) is 0 Å². The number of benzene rings is 2. The van der Waals surface area contributed by atoms with Crippen LogP contribution in [0.3, 0.4) is 0 Å². The lowest BCUT2D eigenvalue weighted by Gasteiger charge is -2.14. The Labute approximate surface area is 138 Å². The number of hydrogen-bond donors (Lipinski definition) is 2. The summed E-state index contributed by atoms with van der Waals surface area (Å²) in [4.78, 5) is 12.0. The monoisotopic (exact) mass is 321 g/mol. The molecule has 0 saturated carbocycles. The number of nitrogens with one attached hydrogen (secondary N) is 1. The standard InChI is InChI=1S/C19H16FN3O/c20-17-3-1-2-13-14(6-7-15(13)17)16(19(21)24)8-11-4-5-12-10-22-23-18(12)9-11/h1-5,8-10,14H,6-7H2,(H2,21,24)(H,22,23). The number of H-pyrrole nitrogens is 1. The maximum Gasteiger partial charge on any atom is 0.245 e. The fourth-order valence-corrected chi connectivity index (χ4v) is 3.50. The van der Waals surface area contributed by atoms with E-state index >= 15 is 0 Å². The van der Waals surface area contributed by atoms with E-state index < -0.39 is 5.91 Å². The second-order valence-electron chi connectivity index (χ2n) is 6.08.